The van der Waals surface area contributed by atoms with E-state index in [4.69, 9.17) is 0 Å². The lowest BCUT2D eigenvalue weighted by atomic mass is 10.0. The fourth-order valence-corrected chi connectivity index (χ4v) is 6.45. The molecule has 41 heavy (non-hydrogen) atoms. The van der Waals surface area contributed by atoms with Gasteiger partial charge in [0, 0.05) is 44.6 Å². The maximum absolute atomic E-state index is 14.8. The van der Waals surface area contributed by atoms with Crippen LogP contribution < -0.4 is 5.32 Å². The monoisotopic (exact) mass is 579 g/mol. The van der Waals surface area contributed by atoms with Gasteiger partial charge in [0.1, 0.15) is 11.9 Å². The molecule has 1 saturated carbocycles. The highest BCUT2D eigenvalue weighted by Crippen LogP contribution is 2.22. The molecule has 1 aliphatic carbocycles. The smallest absolute Gasteiger partial charge is 0.243 e. The number of sulfonamides is 1. The summed E-state index contributed by atoms with van der Waals surface area (Å²) >= 11 is 0. The van der Waals surface area contributed by atoms with E-state index in [9.17, 15) is 22.4 Å². The molecule has 9 heteroatoms. The van der Waals surface area contributed by atoms with Crippen molar-refractivity contribution in [1.29, 1.82) is 0 Å². The Morgan fingerprint density at radius 1 is 0.927 bits per heavy atom. The number of halogens is 1. The van der Waals surface area contributed by atoms with E-state index in [1.165, 1.54) is 34.5 Å². The van der Waals surface area contributed by atoms with E-state index >= 15 is 0 Å². The van der Waals surface area contributed by atoms with Crippen molar-refractivity contribution in [2.45, 2.75) is 68.5 Å². The first-order valence-electron chi connectivity index (χ1n) is 14.1. The molecule has 2 amide bonds. The highest BCUT2D eigenvalue weighted by atomic mass is 32.2. The molecule has 0 unspecified atom stereocenters. The third kappa shape index (κ3) is 8.24. The second kappa shape index (κ2) is 14.4. The summed E-state index contributed by atoms with van der Waals surface area (Å²) in [5.41, 5.74) is 1.20. The van der Waals surface area contributed by atoms with Crippen molar-refractivity contribution < 1.29 is 22.4 Å². The van der Waals surface area contributed by atoms with Gasteiger partial charge in [-0.2, -0.15) is 0 Å². The number of amides is 2. The van der Waals surface area contributed by atoms with Crippen molar-refractivity contribution in [3.8, 4) is 0 Å². The maximum Gasteiger partial charge on any atom is 0.243 e. The topological polar surface area (TPSA) is 86.8 Å². The van der Waals surface area contributed by atoms with Crippen LogP contribution in [0, 0.1) is 5.82 Å². The number of carbonyl (C=O) groups is 2. The van der Waals surface area contributed by atoms with Crippen molar-refractivity contribution in [1.82, 2.24) is 14.5 Å². The van der Waals surface area contributed by atoms with E-state index in [-0.39, 0.29) is 55.1 Å². The number of hydrogen-bond donors (Lipinski definition) is 1. The Balaban J connectivity index is 1.55. The fourth-order valence-electron chi connectivity index (χ4n) is 5.22. The van der Waals surface area contributed by atoms with E-state index in [1.54, 1.807) is 36.4 Å². The van der Waals surface area contributed by atoms with E-state index in [1.807, 2.05) is 30.3 Å². The molecule has 0 bridgehead atoms. The summed E-state index contributed by atoms with van der Waals surface area (Å²) in [6.07, 6.45) is 4.42. The van der Waals surface area contributed by atoms with Gasteiger partial charge in [0.2, 0.25) is 21.8 Å². The summed E-state index contributed by atoms with van der Waals surface area (Å²) in [5.74, 6) is -1.04. The molecule has 1 atom stereocenters. The van der Waals surface area contributed by atoms with E-state index in [2.05, 4.69) is 5.32 Å². The van der Waals surface area contributed by atoms with E-state index in [0.717, 1.165) is 31.2 Å². The molecule has 1 aliphatic rings. The first-order valence-corrected chi connectivity index (χ1v) is 15.6. The first kappa shape index (κ1) is 30.4. The number of benzene rings is 3. The minimum Gasteiger partial charge on any atom is -0.352 e. The highest BCUT2D eigenvalue weighted by molar-refractivity contribution is 7.89. The Bertz CT molecular complexity index is 1400. The van der Waals surface area contributed by atoms with Crippen LogP contribution in [0.2, 0.25) is 0 Å². The van der Waals surface area contributed by atoms with Crippen LogP contribution in [-0.4, -0.2) is 55.1 Å². The Hall–Kier alpha value is -3.56. The van der Waals surface area contributed by atoms with Gasteiger partial charge in [-0.15, -0.1) is 0 Å². The molecule has 0 saturated heterocycles. The van der Waals surface area contributed by atoms with Gasteiger partial charge < -0.3 is 10.2 Å². The molecule has 0 heterocycles. The normalized spacial score (nSPS) is 14.6. The number of nitrogens with one attached hydrogen (secondary N) is 1. The van der Waals surface area contributed by atoms with Gasteiger partial charge in [-0.25, -0.2) is 17.1 Å². The zero-order valence-electron chi connectivity index (χ0n) is 23.4. The molecule has 1 N–H and O–H groups in total. The fraction of sp³-hybridized carbons (Fsp3) is 0.375. The SMILES string of the molecule is CN(CCCC(=O)N(Cc1ccccc1F)[C@@H](Cc1ccccc1)C(=O)NC1CCCC1)S(=O)(=O)c1ccccc1. The van der Waals surface area contributed by atoms with Crippen LogP contribution in [0.25, 0.3) is 0 Å². The Labute approximate surface area is 242 Å². The predicted octanol–water partition coefficient (Wildman–Crippen LogP) is 4.93. The lowest BCUT2D eigenvalue weighted by Gasteiger charge is -2.32. The number of nitrogens with zero attached hydrogens (tertiary/aromatic N) is 2. The van der Waals surface area contributed by atoms with Crippen LogP contribution in [0.15, 0.2) is 89.8 Å². The minimum atomic E-state index is -3.70. The molecular weight excluding hydrogens is 541 g/mol. The molecule has 218 valence electrons. The predicted molar refractivity (Wildman–Crippen MR) is 157 cm³/mol. The second-order valence-corrected chi connectivity index (χ2v) is 12.6. The molecule has 4 rings (SSSR count). The van der Waals surface area contributed by atoms with E-state index < -0.39 is 21.9 Å². The van der Waals surface area contributed by atoms with Gasteiger partial charge in [-0.1, -0.05) is 79.6 Å². The van der Waals surface area contributed by atoms with Crippen LogP contribution in [0.4, 0.5) is 4.39 Å². The molecule has 0 spiro atoms. The third-order valence-corrected chi connectivity index (χ3v) is 9.46. The average Bonchev–Trinajstić information content (AvgIpc) is 3.49. The molecule has 0 aliphatic heterocycles. The molecule has 3 aromatic rings. The van der Waals surface area contributed by atoms with Gasteiger partial charge in [-0.3, -0.25) is 9.59 Å². The standard InChI is InChI=1S/C32H38FN3O4S/c1-35(41(39,40)28-18-6-3-7-19-28)22-12-21-31(37)36(24-26-15-8-11-20-29(26)33)30(23-25-13-4-2-5-14-25)32(38)34-27-16-9-10-17-27/h2-8,11,13-15,18-20,27,30H,9-10,12,16-17,21-24H2,1H3,(H,34,38)/t30-/m0/s1. The first-order chi connectivity index (χ1) is 19.8. The summed E-state index contributed by atoms with van der Waals surface area (Å²) in [6, 6.07) is 23.1. The third-order valence-electron chi connectivity index (χ3n) is 7.59. The summed E-state index contributed by atoms with van der Waals surface area (Å²) in [4.78, 5) is 29.1. The van der Waals surface area contributed by atoms with Crippen molar-refractivity contribution in [3.63, 3.8) is 0 Å². The molecule has 1 fully saturated rings. The lowest BCUT2D eigenvalue weighted by Crippen LogP contribution is -2.52. The summed E-state index contributed by atoms with van der Waals surface area (Å²) in [7, 11) is -2.22. The zero-order chi connectivity index (χ0) is 29.2. The largest absolute Gasteiger partial charge is 0.352 e. The van der Waals surface area contributed by atoms with Crippen LogP contribution >= 0.6 is 0 Å². The van der Waals surface area contributed by atoms with Crippen molar-refractivity contribution in [3.05, 3.63) is 102 Å². The van der Waals surface area contributed by atoms with Gasteiger partial charge >= 0.3 is 0 Å². The van der Waals surface area contributed by atoms with Gasteiger partial charge in [0.15, 0.2) is 0 Å². The van der Waals surface area contributed by atoms with Crippen LogP contribution in [0.3, 0.4) is 0 Å². The van der Waals surface area contributed by atoms with Gasteiger partial charge in [0.05, 0.1) is 4.90 Å². The van der Waals surface area contributed by atoms with Crippen LogP contribution in [0.1, 0.15) is 49.7 Å². The summed E-state index contributed by atoms with van der Waals surface area (Å²) in [6.45, 7) is 0.0490. The van der Waals surface area contributed by atoms with Gasteiger partial charge in [-0.05, 0) is 43.0 Å². The lowest BCUT2D eigenvalue weighted by molar-refractivity contribution is -0.141. The zero-order valence-corrected chi connectivity index (χ0v) is 24.2. The number of carbonyl (C=O) groups excluding carboxylic acids is 2. The molecule has 3 aromatic carbocycles. The molecule has 7 nitrogen and oxygen atoms in total. The Kier molecular flexibility index (Phi) is 10.7. The minimum absolute atomic E-state index is 0.00506. The van der Waals surface area contributed by atoms with Crippen molar-refractivity contribution in [2.24, 2.45) is 0 Å². The number of rotatable bonds is 13. The second-order valence-electron chi connectivity index (χ2n) is 10.6. The highest BCUT2D eigenvalue weighted by Gasteiger charge is 2.32. The van der Waals surface area contributed by atoms with Crippen molar-refractivity contribution in [2.75, 3.05) is 13.6 Å². The van der Waals surface area contributed by atoms with Crippen LogP contribution in [0.5, 0.6) is 0 Å². The quantitative estimate of drug-likeness (QED) is 0.311. The average molecular weight is 580 g/mol. The summed E-state index contributed by atoms with van der Waals surface area (Å²) < 4.78 is 41.8. The maximum atomic E-state index is 14.8. The molecule has 0 radical (unpaired) electrons. The number of hydrogen-bond acceptors (Lipinski definition) is 4. The van der Waals surface area contributed by atoms with E-state index in [0.29, 0.717) is 5.56 Å². The molecule has 0 aromatic heterocycles. The molecular formula is C32H38FN3O4S. The summed E-state index contributed by atoms with van der Waals surface area (Å²) in [5, 5.41) is 3.13. The Morgan fingerprint density at radius 3 is 2.20 bits per heavy atom. The van der Waals surface area contributed by atoms with Crippen LogP contribution in [-0.2, 0) is 32.6 Å². The van der Waals surface area contributed by atoms with Gasteiger partial charge in [0.25, 0.3) is 0 Å². The van der Waals surface area contributed by atoms with Crippen molar-refractivity contribution >= 4 is 21.8 Å². The Morgan fingerprint density at radius 2 is 1.54 bits per heavy atom.